The zero-order chi connectivity index (χ0) is 21.3. The SMILES string of the molecule is CC(C)OCCCNC(=O)Cc1ccc(NC(=O)N2CCSc3ncccc32)cc1. The van der Waals surface area contributed by atoms with Gasteiger partial charge in [0.1, 0.15) is 5.03 Å². The normalized spacial score (nSPS) is 13.1. The third-order valence-corrected chi connectivity index (χ3v) is 5.48. The van der Waals surface area contributed by atoms with Crippen molar-refractivity contribution in [3.05, 3.63) is 48.2 Å². The van der Waals surface area contributed by atoms with Crippen molar-refractivity contribution in [1.29, 1.82) is 0 Å². The summed E-state index contributed by atoms with van der Waals surface area (Å²) in [4.78, 5) is 30.8. The molecule has 160 valence electrons. The number of fused-ring (bicyclic) bond motifs is 1. The van der Waals surface area contributed by atoms with Crippen LogP contribution < -0.4 is 15.5 Å². The fourth-order valence-corrected chi connectivity index (χ4v) is 3.96. The Labute approximate surface area is 181 Å². The Morgan fingerprint density at radius 3 is 2.80 bits per heavy atom. The predicted octanol–water partition coefficient (Wildman–Crippen LogP) is 3.70. The van der Waals surface area contributed by atoms with E-state index in [1.807, 2.05) is 50.2 Å². The number of amides is 3. The van der Waals surface area contributed by atoms with Gasteiger partial charge in [0.2, 0.25) is 5.91 Å². The van der Waals surface area contributed by atoms with Crippen LogP contribution in [0.2, 0.25) is 0 Å². The highest BCUT2D eigenvalue weighted by molar-refractivity contribution is 7.99. The van der Waals surface area contributed by atoms with Crippen LogP contribution in [0.15, 0.2) is 47.6 Å². The average Bonchev–Trinajstić information content (AvgIpc) is 2.74. The van der Waals surface area contributed by atoms with Crippen LogP contribution in [0.4, 0.5) is 16.2 Å². The fraction of sp³-hybridized carbons (Fsp3) is 0.409. The molecular weight excluding hydrogens is 400 g/mol. The quantitative estimate of drug-likeness (QED) is 0.627. The predicted molar refractivity (Wildman–Crippen MR) is 120 cm³/mol. The van der Waals surface area contributed by atoms with Crippen molar-refractivity contribution >= 4 is 35.1 Å². The van der Waals surface area contributed by atoms with E-state index in [9.17, 15) is 9.59 Å². The summed E-state index contributed by atoms with van der Waals surface area (Å²) in [5.41, 5.74) is 2.42. The molecule has 0 aliphatic carbocycles. The minimum absolute atomic E-state index is 0.0220. The molecule has 1 aromatic heterocycles. The van der Waals surface area contributed by atoms with Gasteiger partial charge >= 0.3 is 6.03 Å². The number of benzene rings is 1. The highest BCUT2D eigenvalue weighted by atomic mass is 32.2. The van der Waals surface area contributed by atoms with Crippen molar-refractivity contribution in [2.45, 2.75) is 37.8 Å². The minimum atomic E-state index is -0.182. The van der Waals surface area contributed by atoms with Gasteiger partial charge in [0.15, 0.2) is 0 Å². The van der Waals surface area contributed by atoms with E-state index in [0.29, 0.717) is 31.8 Å². The number of thioether (sulfide) groups is 1. The van der Waals surface area contributed by atoms with Crippen LogP contribution in [-0.4, -0.2) is 48.5 Å². The second-order valence-electron chi connectivity index (χ2n) is 7.25. The van der Waals surface area contributed by atoms with Crippen LogP contribution in [0.3, 0.4) is 0 Å². The van der Waals surface area contributed by atoms with Crippen LogP contribution in [0, 0.1) is 0 Å². The van der Waals surface area contributed by atoms with Crippen LogP contribution in [0.5, 0.6) is 0 Å². The Hall–Kier alpha value is -2.58. The standard InChI is InChI=1S/C22H28N4O3S/c1-16(2)29-13-4-11-23-20(27)15-17-6-8-18(9-7-17)25-22(28)26-12-14-30-21-19(26)5-3-10-24-21/h3,5-10,16H,4,11-15H2,1-2H3,(H,23,27)(H,25,28). The third-order valence-electron chi connectivity index (χ3n) is 4.51. The van der Waals surface area contributed by atoms with Crippen LogP contribution in [0.25, 0.3) is 0 Å². The Bertz CT molecular complexity index is 858. The number of pyridine rings is 1. The van der Waals surface area contributed by atoms with E-state index in [0.717, 1.165) is 28.5 Å². The molecule has 7 nitrogen and oxygen atoms in total. The van der Waals surface area contributed by atoms with Crippen molar-refractivity contribution in [2.75, 3.05) is 35.7 Å². The summed E-state index contributed by atoms with van der Waals surface area (Å²) in [5.74, 6) is 0.793. The van der Waals surface area contributed by atoms with E-state index in [1.165, 1.54) is 0 Å². The van der Waals surface area contributed by atoms with E-state index in [4.69, 9.17) is 4.74 Å². The monoisotopic (exact) mass is 428 g/mol. The Morgan fingerprint density at radius 1 is 1.23 bits per heavy atom. The lowest BCUT2D eigenvalue weighted by atomic mass is 10.1. The third kappa shape index (κ3) is 6.47. The number of carbonyl (C=O) groups excluding carboxylic acids is 2. The van der Waals surface area contributed by atoms with Crippen LogP contribution >= 0.6 is 11.8 Å². The van der Waals surface area contributed by atoms with Crippen molar-refractivity contribution in [3.8, 4) is 0 Å². The summed E-state index contributed by atoms with van der Waals surface area (Å²) < 4.78 is 5.46. The molecule has 0 fully saturated rings. The zero-order valence-electron chi connectivity index (χ0n) is 17.4. The smallest absolute Gasteiger partial charge is 0.326 e. The number of aromatic nitrogens is 1. The molecular formula is C22H28N4O3S. The molecule has 1 aliphatic rings. The Morgan fingerprint density at radius 2 is 2.03 bits per heavy atom. The van der Waals surface area contributed by atoms with Gasteiger partial charge in [-0.25, -0.2) is 9.78 Å². The molecule has 8 heteroatoms. The number of carbonyl (C=O) groups is 2. The summed E-state index contributed by atoms with van der Waals surface area (Å²) in [6, 6.07) is 10.9. The lowest BCUT2D eigenvalue weighted by Gasteiger charge is -2.28. The van der Waals surface area contributed by atoms with Gasteiger partial charge in [-0.15, -0.1) is 11.8 Å². The van der Waals surface area contributed by atoms with Gasteiger partial charge in [0.25, 0.3) is 0 Å². The highest BCUT2D eigenvalue weighted by Crippen LogP contribution is 2.32. The summed E-state index contributed by atoms with van der Waals surface area (Å²) in [6.45, 7) is 5.86. The Kier molecular flexibility index (Phi) is 8.10. The number of hydrogen-bond acceptors (Lipinski definition) is 5. The van der Waals surface area contributed by atoms with Crippen molar-refractivity contribution in [2.24, 2.45) is 0 Å². The molecule has 0 radical (unpaired) electrons. The number of nitrogens with one attached hydrogen (secondary N) is 2. The number of hydrogen-bond donors (Lipinski definition) is 2. The van der Waals surface area contributed by atoms with Gasteiger partial charge < -0.3 is 15.4 Å². The number of rotatable bonds is 8. The summed E-state index contributed by atoms with van der Waals surface area (Å²) in [7, 11) is 0. The number of urea groups is 1. The van der Waals surface area contributed by atoms with Gasteiger partial charge in [0.05, 0.1) is 18.2 Å². The van der Waals surface area contributed by atoms with Gasteiger partial charge in [-0.2, -0.15) is 0 Å². The molecule has 30 heavy (non-hydrogen) atoms. The second-order valence-corrected chi connectivity index (χ2v) is 8.34. The van der Waals surface area contributed by atoms with Crippen LogP contribution in [0.1, 0.15) is 25.8 Å². The minimum Gasteiger partial charge on any atom is -0.379 e. The van der Waals surface area contributed by atoms with E-state index in [2.05, 4.69) is 15.6 Å². The van der Waals surface area contributed by atoms with Crippen LogP contribution in [-0.2, 0) is 16.0 Å². The molecule has 1 aliphatic heterocycles. The highest BCUT2D eigenvalue weighted by Gasteiger charge is 2.23. The number of nitrogens with zero attached hydrogens (tertiary/aromatic N) is 2. The second kappa shape index (κ2) is 11.0. The molecule has 2 aromatic rings. The topological polar surface area (TPSA) is 83.6 Å². The summed E-state index contributed by atoms with van der Waals surface area (Å²) >= 11 is 1.66. The maximum atomic E-state index is 12.7. The maximum Gasteiger partial charge on any atom is 0.326 e. The van der Waals surface area contributed by atoms with E-state index in [1.54, 1.807) is 22.9 Å². The van der Waals surface area contributed by atoms with Gasteiger partial charge in [0, 0.05) is 37.3 Å². The molecule has 0 spiro atoms. The molecule has 0 unspecified atom stereocenters. The number of anilines is 2. The molecule has 3 rings (SSSR count). The van der Waals surface area contributed by atoms with E-state index in [-0.39, 0.29) is 18.0 Å². The molecule has 2 N–H and O–H groups in total. The maximum absolute atomic E-state index is 12.7. The largest absolute Gasteiger partial charge is 0.379 e. The summed E-state index contributed by atoms with van der Waals surface area (Å²) in [6.07, 6.45) is 3.05. The lowest BCUT2D eigenvalue weighted by Crippen LogP contribution is -2.38. The Balaban J connectivity index is 1.47. The van der Waals surface area contributed by atoms with Gasteiger partial charge in [-0.3, -0.25) is 9.69 Å². The molecule has 1 aromatic carbocycles. The van der Waals surface area contributed by atoms with Crippen molar-refractivity contribution in [1.82, 2.24) is 10.3 Å². The number of ether oxygens (including phenoxy) is 1. The van der Waals surface area contributed by atoms with E-state index < -0.39 is 0 Å². The first-order chi connectivity index (χ1) is 14.5. The van der Waals surface area contributed by atoms with Gasteiger partial charge in [-0.1, -0.05) is 12.1 Å². The first-order valence-electron chi connectivity index (χ1n) is 10.2. The van der Waals surface area contributed by atoms with Crippen molar-refractivity contribution < 1.29 is 14.3 Å². The molecule has 3 amide bonds. The first-order valence-corrected chi connectivity index (χ1v) is 11.1. The molecule has 0 atom stereocenters. The fourth-order valence-electron chi connectivity index (χ4n) is 3.03. The molecule has 2 heterocycles. The van der Waals surface area contributed by atoms with Gasteiger partial charge in [-0.05, 0) is 50.1 Å². The lowest BCUT2D eigenvalue weighted by molar-refractivity contribution is -0.120. The summed E-state index contributed by atoms with van der Waals surface area (Å²) in [5, 5.41) is 6.70. The molecule has 0 bridgehead atoms. The first kappa shape index (κ1) is 22.1. The average molecular weight is 429 g/mol. The molecule has 0 saturated heterocycles. The molecule has 0 saturated carbocycles. The zero-order valence-corrected chi connectivity index (χ0v) is 18.2. The van der Waals surface area contributed by atoms with Crippen molar-refractivity contribution in [3.63, 3.8) is 0 Å². The van der Waals surface area contributed by atoms with E-state index >= 15 is 0 Å².